The lowest BCUT2D eigenvalue weighted by atomic mass is 10.1. The van der Waals surface area contributed by atoms with Crippen molar-refractivity contribution in [3.63, 3.8) is 0 Å². The van der Waals surface area contributed by atoms with Gasteiger partial charge in [0.05, 0.1) is 18.5 Å². The van der Waals surface area contributed by atoms with Crippen LogP contribution in [-0.2, 0) is 7.05 Å². The zero-order valence-corrected chi connectivity index (χ0v) is 9.23. The zero-order chi connectivity index (χ0) is 11.8. The predicted molar refractivity (Wildman–Crippen MR) is 58.7 cm³/mol. The van der Waals surface area contributed by atoms with Crippen LogP contribution in [0.15, 0.2) is 6.20 Å². The van der Waals surface area contributed by atoms with Gasteiger partial charge in [-0.1, -0.05) is 0 Å². The van der Waals surface area contributed by atoms with Crippen molar-refractivity contribution >= 4 is 11.6 Å². The van der Waals surface area contributed by atoms with Crippen LogP contribution in [0.2, 0.25) is 0 Å². The Bertz CT molecular complexity index is 389. The van der Waals surface area contributed by atoms with Gasteiger partial charge in [0.1, 0.15) is 5.69 Å². The van der Waals surface area contributed by atoms with E-state index in [4.69, 9.17) is 10.8 Å². The number of hydrogen-bond donors (Lipinski definition) is 3. The lowest BCUT2D eigenvalue weighted by Crippen LogP contribution is -2.33. The van der Waals surface area contributed by atoms with Crippen molar-refractivity contribution in [3.05, 3.63) is 11.9 Å². The first kappa shape index (κ1) is 10.9. The number of aliphatic hydroxyl groups is 1. The molecule has 1 fully saturated rings. The van der Waals surface area contributed by atoms with E-state index in [9.17, 15) is 4.79 Å². The Balaban J connectivity index is 1.98. The number of aliphatic hydroxyl groups excluding tert-OH is 1. The van der Waals surface area contributed by atoms with E-state index < -0.39 is 0 Å². The summed E-state index contributed by atoms with van der Waals surface area (Å²) in [6.45, 7) is 0.612. The van der Waals surface area contributed by atoms with E-state index in [0.717, 1.165) is 12.8 Å². The van der Waals surface area contributed by atoms with Gasteiger partial charge < -0.3 is 16.2 Å². The van der Waals surface area contributed by atoms with Gasteiger partial charge in [0, 0.05) is 19.0 Å². The van der Waals surface area contributed by atoms with Crippen LogP contribution in [0.3, 0.4) is 0 Å². The smallest absolute Gasteiger partial charge is 0.271 e. The number of nitrogens with two attached hydrogens (primary N) is 1. The minimum Gasteiger partial charge on any atom is -0.396 e. The van der Waals surface area contributed by atoms with E-state index in [1.54, 1.807) is 7.05 Å². The highest BCUT2D eigenvalue weighted by molar-refractivity contribution is 5.97. The first-order valence-electron chi connectivity index (χ1n) is 5.24. The van der Waals surface area contributed by atoms with Crippen molar-refractivity contribution in [1.82, 2.24) is 15.1 Å². The van der Waals surface area contributed by atoms with Crippen molar-refractivity contribution < 1.29 is 9.90 Å². The molecule has 6 nitrogen and oxygen atoms in total. The number of aromatic nitrogens is 2. The molecule has 0 unspecified atom stereocenters. The molecule has 1 aromatic rings. The third kappa shape index (κ3) is 1.88. The van der Waals surface area contributed by atoms with Crippen LogP contribution in [0.4, 0.5) is 5.69 Å². The van der Waals surface area contributed by atoms with E-state index in [2.05, 4.69) is 10.4 Å². The Morgan fingerprint density at radius 1 is 1.75 bits per heavy atom. The quantitative estimate of drug-likeness (QED) is 0.643. The van der Waals surface area contributed by atoms with Gasteiger partial charge in [0.25, 0.3) is 5.91 Å². The van der Waals surface area contributed by atoms with Crippen LogP contribution >= 0.6 is 0 Å². The fourth-order valence-corrected chi connectivity index (χ4v) is 1.65. The van der Waals surface area contributed by atoms with Crippen LogP contribution in [0.1, 0.15) is 23.3 Å². The van der Waals surface area contributed by atoms with Gasteiger partial charge in [-0.25, -0.2) is 0 Å². The number of amides is 1. The SMILES string of the molecule is Cn1ncc(N)c1C(=O)NCC1(CO)CC1. The fourth-order valence-electron chi connectivity index (χ4n) is 1.65. The number of nitrogen functional groups attached to an aromatic ring is 1. The molecule has 0 saturated heterocycles. The highest BCUT2D eigenvalue weighted by atomic mass is 16.3. The molecule has 0 atom stereocenters. The molecular formula is C10H16N4O2. The topological polar surface area (TPSA) is 93.2 Å². The summed E-state index contributed by atoms with van der Waals surface area (Å²) in [5.74, 6) is -0.239. The van der Waals surface area contributed by atoms with E-state index in [1.807, 2.05) is 0 Å². The van der Waals surface area contributed by atoms with Crippen molar-refractivity contribution in [2.75, 3.05) is 18.9 Å². The number of nitrogens with zero attached hydrogens (tertiary/aromatic N) is 2. The van der Waals surface area contributed by atoms with E-state index in [-0.39, 0.29) is 17.9 Å². The molecule has 1 aliphatic carbocycles. The molecule has 16 heavy (non-hydrogen) atoms. The molecule has 0 spiro atoms. The number of hydrogen-bond acceptors (Lipinski definition) is 4. The maximum atomic E-state index is 11.8. The summed E-state index contributed by atoms with van der Waals surface area (Å²) in [5, 5.41) is 15.8. The first-order valence-corrected chi connectivity index (χ1v) is 5.24. The lowest BCUT2D eigenvalue weighted by molar-refractivity contribution is 0.0926. The minimum absolute atomic E-state index is 0.0942. The van der Waals surface area contributed by atoms with Crippen LogP contribution in [0, 0.1) is 5.41 Å². The van der Waals surface area contributed by atoms with E-state index >= 15 is 0 Å². The summed E-state index contributed by atoms with van der Waals surface area (Å²) in [6, 6.07) is 0. The number of carbonyl (C=O) groups is 1. The summed E-state index contributed by atoms with van der Waals surface area (Å²) in [6.07, 6.45) is 3.38. The number of nitrogens with one attached hydrogen (secondary N) is 1. The molecule has 2 rings (SSSR count). The Morgan fingerprint density at radius 2 is 2.44 bits per heavy atom. The van der Waals surface area contributed by atoms with Gasteiger partial charge in [-0.05, 0) is 12.8 Å². The van der Waals surface area contributed by atoms with E-state index in [1.165, 1.54) is 10.9 Å². The van der Waals surface area contributed by atoms with Crippen LogP contribution < -0.4 is 11.1 Å². The predicted octanol–water partition coefficient (Wildman–Crippen LogP) is -0.495. The average Bonchev–Trinajstić information content (AvgIpc) is 2.97. The third-order valence-electron chi connectivity index (χ3n) is 3.10. The summed E-state index contributed by atoms with van der Waals surface area (Å²) >= 11 is 0. The molecule has 1 heterocycles. The van der Waals surface area contributed by atoms with Gasteiger partial charge in [0.15, 0.2) is 0 Å². The first-order chi connectivity index (χ1) is 7.58. The molecule has 0 aromatic carbocycles. The number of aryl methyl sites for hydroxylation is 1. The maximum absolute atomic E-state index is 11.8. The minimum atomic E-state index is -0.239. The average molecular weight is 224 g/mol. The third-order valence-corrected chi connectivity index (χ3v) is 3.10. The van der Waals surface area contributed by atoms with Gasteiger partial charge in [-0.3, -0.25) is 9.48 Å². The van der Waals surface area contributed by atoms with Gasteiger partial charge >= 0.3 is 0 Å². The standard InChI is InChI=1S/C10H16N4O2/c1-14-8(7(11)4-13-14)9(16)12-5-10(6-15)2-3-10/h4,15H,2-3,5-6,11H2,1H3,(H,12,16). The Kier molecular flexibility index (Phi) is 2.59. The van der Waals surface area contributed by atoms with E-state index in [0.29, 0.717) is 17.9 Å². The molecule has 1 amide bonds. The molecule has 88 valence electrons. The summed E-state index contributed by atoms with van der Waals surface area (Å²) in [7, 11) is 1.67. The molecular weight excluding hydrogens is 208 g/mol. The molecule has 1 saturated carbocycles. The Hall–Kier alpha value is -1.56. The zero-order valence-electron chi connectivity index (χ0n) is 9.23. The van der Waals surface area contributed by atoms with Crippen molar-refractivity contribution in [2.24, 2.45) is 12.5 Å². The molecule has 1 aliphatic rings. The second-order valence-corrected chi connectivity index (χ2v) is 4.41. The Labute approximate surface area is 93.4 Å². The second-order valence-electron chi connectivity index (χ2n) is 4.41. The van der Waals surface area contributed by atoms with Crippen LogP contribution in [0.5, 0.6) is 0 Å². The van der Waals surface area contributed by atoms with Crippen molar-refractivity contribution in [2.45, 2.75) is 12.8 Å². The van der Waals surface area contributed by atoms with Crippen molar-refractivity contribution in [3.8, 4) is 0 Å². The Morgan fingerprint density at radius 3 is 2.88 bits per heavy atom. The highest BCUT2D eigenvalue weighted by Gasteiger charge is 2.42. The summed E-state index contributed by atoms with van der Waals surface area (Å²) in [5.41, 5.74) is 6.28. The molecule has 1 aromatic heterocycles. The summed E-state index contributed by atoms with van der Waals surface area (Å²) < 4.78 is 1.45. The van der Waals surface area contributed by atoms with Gasteiger partial charge in [0.2, 0.25) is 0 Å². The number of rotatable bonds is 4. The molecule has 0 radical (unpaired) electrons. The molecule has 6 heteroatoms. The largest absolute Gasteiger partial charge is 0.396 e. The maximum Gasteiger partial charge on any atom is 0.271 e. The highest BCUT2D eigenvalue weighted by Crippen LogP contribution is 2.44. The number of carbonyl (C=O) groups excluding carboxylic acids is 1. The molecule has 0 bridgehead atoms. The van der Waals surface area contributed by atoms with Crippen molar-refractivity contribution in [1.29, 1.82) is 0 Å². The molecule has 4 N–H and O–H groups in total. The van der Waals surface area contributed by atoms with Crippen LogP contribution in [-0.4, -0.2) is 33.9 Å². The number of anilines is 1. The van der Waals surface area contributed by atoms with Gasteiger partial charge in [-0.15, -0.1) is 0 Å². The van der Waals surface area contributed by atoms with Gasteiger partial charge in [-0.2, -0.15) is 5.10 Å². The second kappa shape index (κ2) is 3.79. The lowest BCUT2D eigenvalue weighted by Gasteiger charge is -2.12. The monoisotopic (exact) mass is 224 g/mol. The summed E-state index contributed by atoms with van der Waals surface area (Å²) in [4.78, 5) is 11.8. The van der Waals surface area contributed by atoms with Crippen LogP contribution in [0.25, 0.3) is 0 Å². The normalized spacial score (nSPS) is 17.1. The molecule has 0 aliphatic heterocycles. The fraction of sp³-hybridized carbons (Fsp3) is 0.600.